The summed E-state index contributed by atoms with van der Waals surface area (Å²) in [6.45, 7) is 4.15. The monoisotopic (exact) mass is 383 g/mol. The van der Waals surface area contributed by atoms with Gasteiger partial charge in [0.15, 0.2) is 0 Å². The summed E-state index contributed by atoms with van der Waals surface area (Å²) in [6, 6.07) is 29.3. The first-order valence-electron chi connectivity index (χ1n) is 9.78. The van der Waals surface area contributed by atoms with E-state index in [0.717, 1.165) is 22.7 Å². The summed E-state index contributed by atoms with van der Waals surface area (Å²) >= 11 is 0. The second-order valence-electron chi connectivity index (χ2n) is 7.10. The summed E-state index contributed by atoms with van der Waals surface area (Å²) in [6.07, 6.45) is 0. The largest absolute Gasteiger partial charge is 0.480 e. The van der Waals surface area contributed by atoms with E-state index in [9.17, 15) is 0 Å². The van der Waals surface area contributed by atoms with Gasteiger partial charge in [0.05, 0.1) is 13.2 Å². The minimum absolute atomic E-state index is 0.0663. The van der Waals surface area contributed by atoms with Gasteiger partial charge >= 0.3 is 0 Å². The van der Waals surface area contributed by atoms with Crippen LogP contribution in [0.15, 0.2) is 84.9 Å². The Morgan fingerprint density at radius 1 is 0.793 bits per heavy atom. The molecule has 4 aromatic rings. The van der Waals surface area contributed by atoms with Crippen LogP contribution in [0, 0.1) is 6.92 Å². The summed E-state index contributed by atoms with van der Waals surface area (Å²) in [5.41, 5.74) is 10.1. The molecule has 4 rings (SSSR count). The van der Waals surface area contributed by atoms with Crippen LogP contribution in [-0.4, -0.2) is 17.0 Å². The smallest absolute Gasteiger partial charge is 0.235 e. The molecule has 1 N–H and O–H groups in total. The fourth-order valence-corrected chi connectivity index (χ4v) is 3.53. The molecule has 0 spiro atoms. The maximum absolute atomic E-state index is 5.63. The quantitative estimate of drug-likeness (QED) is 0.455. The Labute approximate surface area is 171 Å². The molecule has 0 saturated carbocycles. The van der Waals surface area contributed by atoms with Gasteiger partial charge < -0.3 is 4.74 Å². The third kappa shape index (κ3) is 3.87. The number of nitrogens with zero attached hydrogens (tertiary/aromatic N) is 2. The Kier molecular flexibility index (Phi) is 5.34. The minimum Gasteiger partial charge on any atom is -0.480 e. The van der Waals surface area contributed by atoms with Crippen LogP contribution in [0.1, 0.15) is 24.1 Å². The van der Waals surface area contributed by atoms with Gasteiger partial charge in [-0.05, 0) is 30.5 Å². The van der Waals surface area contributed by atoms with Crippen molar-refractivity contribution >= 4 is 0 Å². The number of aromatic nitrogens is 2. The lowest BCUT2D eigenvalue weighted by Gasteiger charge is -2.17. The number of benzene rings is 3. The molecular weight excluding hydrogens is 358 g/mol. The lowest BCUT2D eigenvalue weighted by molar-refractivity contribution is 0.368. The van der Waals surface area contributed by atoms with Crippen LogP contribution in [-0.2, 0) is 0 Å². The lowest BCUT2D eigenvalue weighted by Crippen LogP contribution is -2.21. The number of rotatable bonds is 6. The molecule has 0 bridgehead atoms. The van der Waals surface area contributed by atoms with E-state index in [4.69, 9.17) is 9.84 Å². The van der Waals surface area contributed by atoms with Gasteiger partial charge in [0.2, 0.25) is 5.88 Å². The number of hydrogen-bond acceptors (Lipinski definition) is 3. The lowest BCUT2D eigenvalue weighted by atomic mass is 10.0. The molecule has 1 heterocycles. The third-order valence-corrected chi connectivity index (χ3v) is 5.14. The summed E-state index contributed by atoms with van der Waals surface area (Å²) in [5, 5.41) is 4.76. The van der Waals surface area contributed by atoms with Crippen LogP contribution in [0.25, 0.3) is 22.4 Å². The molecule has 1 unspecified atom stereocenters. The van der Waals surface area contributed by atoms with E-state index in [-0.39, 0.29) is 6.04 Å². The Balaban J connectivity index is 1.57. The highest BCUT2D eigenvalue weighted by Gasteiger charge is 2.18. The molecule has 0 fully saturated rings. The summed E-state index contributed by atoms with van der Waals surface area (Å²) in [5.74, 6) is 0.719. The summed E-state index contributed by atoms with van der Waals surface area (Å²) < 4.78 is 5.63. The van der Waals surface area contributed by atoms with Gasteiger partial charge in [-0.1, -0.05) is 84.9 Å². The number of hydrogen-bond donors (Lipinski definition) is 1. The van der Waals surface area contributed by atoms with Crippen molar-refractivity contribution in [2.75, 3.05) is 12.5 Å². The van der Waals surface area contributed by atoms with E-state index >= 15 is 0 Å². The van der Waals surface area contributed by atoms with E-state index in [0.29, 0.717) is 0 Å². The predicted molar refractivity (Wildman–Crippen MR) is 119 cm³/mol. The van der Waals surface area contributed by atoms with Crippen LogP contribution in [0.3, 0.4) is 0 Å². The first-order chi connectivity index (χ1) is 14.2. The summed E-state index contributed by atoms with van der Waals surface area (Å²) in [7, 11) is 1.68. The summed E-state index contributed by atoms with van der Waals surface area (Å²) in [4.78, 5) is 1.74. The van der Waals surface area contributed by atoms with E-state index in [2.05, 4.69) is 73.0 Å². The van der Waals surface area contributed by atoms with Crippen molar-refractivity contribution in [3.05, 3.63) is 96.1 Å². The van der Waals surface area contributed by atoms with Crippen molar-refractivity contribution in [3.8, 4) is 28.3 Å². The SMILES string of the molecule is COc1c(C)c(-c2ccccc2)nn1NC(C)c1ccc(-c2ccccc2)cc1. The van der Waals surface area contributed by atoms with Crippen molar-refractivity contribution in [2.45, 2.75) is 19.9 Å². The Hall–Kier alpha value is -3.53. The highest BCUT2D eigenvalue weighted by atomic mass is 16.5. The molecule has 146 valence electrons. The first kappa shape index (κ1) is 18.8. The maximum atomic E-state index is 5.63. The van der Waals surface area contributed by atoms with Gasteiger partial charge in [-0.3, -0.25) is 5.43 Å². The topological polar surface area (TPSA) is 39.1 Å². The van der Waals surface area contributed by atoms with Crippen LogP contribution in [0.5, 0.6) is 5.88 Å². The predicted octanol–water partition coefficient (Wildman–Crippen LogP) is 5.84. The molecule has 1 aromatic heterocycles. The van der Waals surface area contributed by atoms with Crippen LogP contribution in [0.2, 0.25) is 0 Å². The average Bonchev–Trinajstić information content (AvgIpc) is 3.10. The molecule has 3 aromatic carbocycles. The Morgan fingerprint density at radius 2 is 1.34 bits per heavy atom. The van der Waals surface area contributed by atoms with Gasteiger partial charge in [-0.15, -0.1) is 9.89 Å². The van der Waals surface area contributed by atoms with Crippen LogP contribution < -0.4 is 10.2 Å². The number of nitrogens with one attached hydrogen (secondary N) is 1. The van der Waals surface area contributed by atoms with E-state index in [1.807, 2.05) is 31.2 Å². The molecule has 0 amide bonds. The van der Waals surface area contributed by atoms with E-state index < -0.39 is 0 Å². The van der Waals surface area contributed by atoms with Crippen molar-refractivity contribution in [1.29, 1.82) is 0 Å². The molecule has 1 atom stereocenters. The second kappa shape index (κ2) is 8.23. The van der Waals surface area contributed by atoms with Crippen molar-refractivity contribution in [1.82, 2.24) is 9.89 Å². The molecule has 0 radical (unpaired) electrons. The van der Waals surface area contributed by atoms with Crippen molar-refractivity contribution in [3.63, 3.8) is 0 Å². The Bertz CT molecular complexity index is 1070. The third-order valence-electron chi connectivity index (χ3n) is 5.14. The zero-order valence-electron chi connectivity index (χ0n) is 17.0. The van der Waals surface area contributed by atoms with Gasteiger partial charge in [0.25, 0.3) is 0 Å². The Morgan fingerprint density at radius 3 is 1.93 bits per heavy atom. The normalized spacial score (nSPS) is 11.8. The van der Waals surface area contributed by atoms with E-state index in [1.54, 1.807) is 11.9 Å². The van der Waals surface area contributed by atoms with Gasteiger partial charge in [0.1, 0.15) is 5.69 Å². The zero-order valence-corrected chi connectivity index (χ0v) is 17.0. The highest BCUT2D eigenvalue weighted by Crippen LogP contribution is 2.30. The highest BCUT2D eigenvalue weighted by molar-refractivity contribution is 5.65. The molecule has 4 heteroatoms. The van der Waals surface area contributed by atoms with Gasteiger partial charge in [-0.25, -0.2) is 0 Å². The first-order valence-corrected chi connectivity index (χ1v) is 9.78. The van der Waals surface area contributed by atoms with Crippen LogP contribution >= 0.6 is 0 Å². The zero-order chi connectivity index (χ0) is 20.2. The number of ether oxygens (including phenoxy) is 1. The molecule has 0 aliphatic heterocycles. The molecular formula is C25H25N3O. The number of methoxy groups -OCH3 is 1. The molecule has 0 saturated heterocycles. The molecule has 0 aliphatic rings. The molecule has 0 aliphatic carbocycles. The standard InChI is InChI=1S/C25H25N3O/c1-18-24(23-12-8-5-9-13-23)27-28(25(18)29-3)26-19(2)20-14-16-22(17-15-20)21-10-6-4-7-11-21/h4-17,19,26H,1-3H3. The maximum Gasteiger partial charge on any atom is 0.235 e. The van der Waals surface area contributed by atoms with Crippen molar-refractivity contribution in [2.24, 2.45) is 0 Å². The molecule has 4 nitrogen and oxygen atoms in total. The van der Waals surface area contributed by atoms with E-state index in [1.165, 1.54) is 16.7 Å². The van der Waals surface area contributed by atoms with Crippen molar-refractivity contribution < 1.29 is 4.74 Å². The van der Waals surface area contributed by atoms with Gasteiger partial charge in [-0.2, -0.15) is 0 Å². The fourth-order valence-electron chi connectivity index (χ4n) is 3.53. The minimum atomic E-state index is 0.0663. The second-order valence-corrected chi connectivity index (χ2v) is 7.10. The van der Waals surface area contributed by atoms with Gasteiger partial charge in [0, 0.05) is 11.1 Å². The fraction of sp³-hybridized carbons (Fsp3) is 0.160. The molecule has 29 heavy (non-hydrogen) atoms. The van der Waals surface area contributed by atoms with Crippen LogP contribution in [0.4, 0.5) is 0 Å². The average molecular weight is 383 g/mol.